The smallest absolute Gasteiger partial charge is 0.312 e. The minimum Gasteiger partial charge on any atom is -0.392 e. The molecule has 8 N–H and O–H groups in total. The lowest BCUT2D eigenvalue weighted by atomic mass is 10.0. The number of rotatable bonds is 11. The molecule has 31 heavy (non-hydrogen) atoms. The molecule has 2 atom stereocenters. The third-order valence-electron chi connectivity index (χ3n) is 4.84. The Bertz CT molecular complexity index is 873. The van der Waals surface area contributed by atoms with Gasteiger partial charge in [0.25, 0.3) is 0 Å². The van der Waals surface area contributed by atoms with Gasteiger partial charge in [-0.25, -0.2) is 4.79 Å². The van der Waals surface area contributed by atoms with Crippen molar-refractivity contribution in [3.63, 3.8) is 0 Å². The van der Waals surface area contributed by atoms with Crippen LogP contribution >= 0.6 is 0 Å². The van der Waals surface area contributed by atoms with E-state index in [2.05, 4.69) is 5.32 Å². The summed E-state index contributed by atoms with van der Waals surface area (Å²) in [6.07, 6.45) is 0.879. The van der Waals surface area contributed by atoms with Crippen molar-refractivity contribution in [2.24, 2.45) is 17.2 Å². The van der Waals surface area contributed by atoms with Crippen LogP contribution in [0.1, 0.15) is 24.0 Å². The summed E-state index contributed by atoms with van der Waals surface area (Å²) in [6.45, 7) is 0.0838. The van der Waals surface area contributed by atoms with Crippen LogP contribution in [0, 0.1) is 0 Å². The minimum atomic E-state index is -0.969. The number of amides is 4. The van der Waals surface area contributed by atoms with E-state index in [1.807, 2.05) is 30.3 Å². The molecule has 0 spiro atoms. The molecule has 0 radical (unpaired) electrons. The maximum Gasteiger partial charge on any atom is 0.312 e. The highest BCUT2D eigenvalue weighted by atomic mass is 16.3. The Kier molecular flexibility index (Phi) is 8.98. The zero-order valence-corrected chi connectivity index (χ0v) is 17.2. The second-order valence-corrected chi connectivity index (χ2v) is 7.18. The van der Waals surface area contributed by atoms with Crippen LogP contribution in [0.15, 0.2) is 54.6 Å². The zero-order chi connectivity index (χ0) is 22.8. The number of urea groups is 1. The van der Waals surface area contributed by atoms with Crippen LogP contribution in [0.25, 0.3) is 0 Å². The number of carbonyl (C=O) groups is 3. The Labute approximate surface area is 181 Å². The molecule has 166 valence electrons. The van der Waals surface area contributed by atoms with E-state index in [-0.39, 0.29) is 19.6 Å². The Hall–Kier alpha value is -3.43. The summed E-state index contributed by atoms with van der Waals surface area (Å²) in [4.78, 5) is 37.8. The molecule has 2 rings (SSSR count). The van der Waals surface area contributed by atoms with Gasteiger partial charge >= 0.3 is 6.03 Å². The summed E-state index contributed by atoms with van der Waals surface area (Å²) >= 11 is 0. The van der Waals surface area contributed by atoms with E-state index >= 15 is 0 Å². The van der Waals surface area contributed by atoms with Gasteiger partial charge in [0.05, 0.1) is 12.6 Å². The highest BCUT2D eigenvalue weighted by Gasteiger charge is 2.32. The molecule has 0 unspecified atom stereocenters. The number of hydrogen-bond acceptors (Lipinski definition) is 5. The third kappa shape index (κ3) is 7.09. The van der Waals surface area contributed by atoms with Gasteiger partial charge in [-0.2, -0.15) is 0 Å². The van der Waals surface area contributed by atoms with Gasteiger partial charge < -0.3 is 27.6 Å². The second-order valence-electron chi connectivity index (χ2n) is 7.18. The number of nitrogens with zero attached hydrogens (tertiary/aromatic N) is 1. The maximum absolute atomic E-state index is 13.3. The molecule has 0 aliphatic carbocycles. The summed E-state index contributed by atoms with van der Waals surface area (Å²) in [7, 11) is 0. The van der Waals surface area contributed by atoms with Crippen molar-refractivity contribution in [1.82, 2.24) is 5.32 Å². The molecule has 0 aromatic heterocycles. The summed E-state index contributed by atoms with van der Waals surface area (Å²) in [6, 6.07) is 13.4. The highest BCUT2D eigenvalue weighted by Crippen LogP contribution is 2.22. The molecule has 0 heterocycles. The van der Waals surface area contributed by atoms with Crippen LogP contribution in [-0.4, -0.2) is 41.6 Å². The quantitative estimate of drug-likeness (QED) is 0.327. The fourth-order valence-electron chi connectivity index (χ4n) is 3.26. The van der Waals surface area contributed by atoms with Gasteiger partial charge in [0, 0.05) is 12.2 Å². The minimum absolute atomic E-state index is 0.153. The van der Waals surface area contributed by atoms with Crippen molar-refractivity contribution in [3.8, 4) is 0 Å². The van der Waals surface area contributed by atoms with Crippen molar-refractivity contribution in [1.29, 1.82) is 0 Å². The maximum atomic E-state index is 13.3. The van der Waals surface area contributed by atoms with E-state index in [9.17, 15) is 19.5 Å². The molecule has 2 aromatic rings. The lowest BCUT2D eigenvalue weighted by Crippen LogP contribution is -2.54. The van der Waals surface area contributed by atoms with E-state index < -0.39 is 29.9 Å². The Morgan fingerprint density at radius 2 is 1.61 bits per heavy atom. The largest absolute Gasteiger partial charge is 0.392 e. The number of carbonyl (C=O) groups excluding carboxylic acids is 3. The number of benzene rings is 2. The first-order valence-electron chi connectivity index (χ1n) is 9.98. The van der Waals surface area contributed by atoms with Gasteiger partial charge in [0.15, 0.2) is 0 Å². The van der Waals surface area contributed by atoms with Gasteiger partial charge in [0.1, 0.15) is 6.04 Å². The number of aliphatic hydroxyl groups excluding tert-OH is 1. The lowest BCUT2D eigenvalue weighted by Gasteiger charge is -2.32. The predicted octanol–water partition coefficient (Wildman–Crippen LogP) is 0.384. The fraction of sp³-hybridized carbons (Fsp3) is 0.318. The van der Waals surface area contributed by atoms with Crippen molar-refractivity contribution >= 4 is 23.5 Å². The molecule has 0 bridgehead atoms. The molecule has 9 nitrogen and oxygen atoms in total. The monoisotopic (exact) mass is 427 g/mol. The summed E-state index contributed by atoms with van der Waals surface area (Å²) in [5.41, 5.74) is 18.9. The van der Waals surface area contributed by atoms with Crippen LogP contribution in [0.5, 0.6) is 0 Å². The number of primary amides is 2. The number of anilines is 1. The summed E-state index contributed by atoms with van der Waals surface area (Å²) in [5.74, 6) is -1.14. The van der Waals surface area contributed by atoms with Crippen molar-refractivity contribution in [3.05, 3.63) is 65.7 Å². The highest BCUT2D eigenvalue weighted by molar-refractivity contribution is 6.03. The molecule has 0 saturated heterocycles. The van der Waals surface area contributed by atoms with Crippen molar-refractivity contribution in [2.75, 3.05) is 11.4 Å². The predicted molar refractivity (Wildman–Crippen MR) is 118 cm³/mol. The van der Waals surface area contributed by atoms with E-state index in [1.54, 1.807) is 24.3 Å². The first-order valence-corrected chi connectivity index (χ1v) is 9.98. The van der Waals surface area contributed by atoms with E-state index in [0.29, 0.717) is 24.1 Å². The van der Waals surface area contributed by atoms with Crippen LogP contribution in [-0.2, 0) is 22.6 Å². The van der Waals surface area contributed by atoms with Crippen LogP contribution in [0.2, 0.25) is 0 Å². The molecule has 4 amide bonds. The van der Waals surface area contributed by atoms with Crippen molar-refractivity contribution < 1.29 is 19.5 Å². The zero-order valence-electron chi connectivity index (χ0n) is 17.2. The molecular formula is C22H29N5O4. The fourth-order valence-corrected chi connectivity index (χ4v) is 3.26. The molecule has 2 aromatic carbocycles. The average molecular weight is 428 g/mol. The molecular weight excluding hydrogens is 398 g/mol. The third-order valence-corrected chi connectivity index (χ3v) is 4.84. The topological polar surface area (TPSA) is 165 Å². The first-order chi connectivity index (χ1) is 14.8. The molecule has 0 aliphatic heterocycles. The SMILES string of the molecule is NC(=O)NCCC[C@@H](C(N)=O)N(C(=O)[C@@H](N)Cc1ccccc1)c1ccc(CO)cc1. The number of aliphatic hydroxyl groups is 1. The van der Waals surface area contributed by atoms with Crippen molar-refractivity contribution in [2.45, 2.75) is 38.0 Å². The van der Waals surface area contributed by atoms with Gasteiger partial charge in [-0.3, -0.25) is 14.5 Å². The summed E-state index contributed by atoms with van der Waals surface area (Å²) in [5, 5.41) is 11.7. The summed E-state index contributed by atoms with van der Waals surface area (Å²) < 4.78 is 0. The first kappa shape index (κ1) is 23.8. The lowest BCUT2D eigenvalue weighted by molar-refractivity contribution is -0.125. The Balaban J connectivity index is 2.29. The van der Waals surface area contributed by atoms with Gasteiger partial charge in [-0.05, 0) is 42.5 Å². The standard InChI is InChI=1S/C22H29N5O4/c23-18(13-15-5-2-1-3-6-15)21(30)27(17-10-8-16(14-28)9-11-17)19(20(24)29)7-4-12-26-22(25)31/h1-3,5-6,8-11,18-19,28H,4,7,12-14,23H2,(H2,24,29)(H3,25,26,31)/t18-,19-/m0/s1. The molecule has 0 fully saturated rings. The molecule has 0 aliphatic rings. The average Bonchev–Trinajstić information content (AvgIpc) is 2.76. The number of nitrogens with two attached hydrogens (primary N) is 3. The van der Waals surface area contributed by atoms with Crippen LogP contribution in [0.4, 0.5) is 10.5 Å². The number of nitrogens with one attached hydrogen (secondary N) is 1. The van der Waals surface area contributed by atoms with E-state index in [4.69, 9.17) is 17.2 Å². The Morgan fingerprint density at radius 3 is 2.16 bits per heavy atom. The second kappa shape index (κ2) is 11.7. The number of hydrogen-bond donors (Lipinski definition) is 5. The van der Waals surface area contributed by atoms with Crippen LogP contribution < -0.4 is 27.4 Å². The normalized spacial score (nSPS) is 12.6. The van der Waals surface area contributed by atoms with Crippen LogP contribution in [0.3, 0.4) is 0 Å². The molecule has 0 saturated carbocycles. The van der Waals surface area contributed by atoms with Gasteiger partial charge in [-0.1, -0.05) is 42.5 Å². The van der Waals surface area contributed by atoms with E-state index in [0.717, 1.165) is 5.56 Å². The molecule has 9 heteroatoms. The van der Waals surface area contributed by atoms with E-state index in [1.165, 1.54) is 4.90 Å². The Morgan fingerprint density at radius 1 is 0.968 bits per heavy atom. The van der Waals surface area contributed by atoms with Gasteiger partial charge in [-0.15, -0.1) is 0 Å². The van der Waals surface area contributed by atoms with Gasteiger partial charge in [0.2, 0.25) is 11.8 Å².